The third kappa shape index (κ3) is 2.43. The van der Waals surface area contributed by atoms with Crippen LogP contribution < -0.4 is 5.73 Å². The van der Waals surface area contributed by atoms with Crippen molar-refractivity contribution >= 4 is 17.6 Å². The molecule has 5 heteroatoms. The summed E-state index contributed by atoms with van der Waals surface area (Å²) in [5, 5.41) is 8.35. The third-order valence-electron chi connectivity index (χ3n) is 2.15. The van der Waals surface area contributed by atoms with Crippen LogP contribution in [0.15, 0.2) is 41.8 Å². The second kappa shape index (κ2) is 4.85. The zero-order chi connectivity index (χ0) is 11.4. The Kier molecular flexibility index (Phi) is 3.26. The number of nitrogens with two attached hydrogens (primary N) is 1. The van der Waals surface area contributed by atoms with Gasteiger partial charge < -0.3 is 10.7 Å². The van der Waals surface area contributed by atoms with Gasteiger partial charge in [0.05, 0.1) is 0 Å². The van der Waals surface area contributed by atoms with Crippen LogP contribution in [-0.2, 0) is 5.75 Å². The molecule has 0 radical (unpaired) electrons. The first kappa shape index (κ1) is 10.8. The zero-order valence-electron chi connectivity index (χ0n) is 8.60. The zero-order valence-corrected chi connectivity index (χ0v) is 9.42. The van der Waals surface area contributed by atoms with Crippen molar-refractivity contribution in [2.24, 2.45) is 5.73 Å². The number of nitrogen functional groups attached to an aromatic ring is 1. The van der Waals surface area contributed by atoms with E-state index in [9.17, 15) is 0 Å². The summed E-state index contributed by atoms with van der Waals surface area (Å²) in [7, 11) is 0. The van der Waals surface area contributed by atoms with Crippen LogP contribution in [-0.4, -0.2) is 15.8 Å². The van der Waals surface area contributed by atoms with E-state index in [2.05, 4.69) is 9.97 Å². The topological polar surface area (TPSA) is 78.6 Å². The molecule has 0 amide bonds. The van der Waals surface area contributed by atoms with Crippen LogP contribution in [0.5, 0.6) is 0 Å². The molecule has 0 saturated heterocycles. The number of rotatable bonds is 4. The highest BCUT2D eigenvalue weighted by atomic mass is 32.2. The lowest BCUT2D eigenvalue weighted by atomic mass is 10.1. The van der Waals surface area contributed by atoms with Gasteiger partial charge in [0, 0.05) is 23.7 Å². The molecule has 0 atom stereocenters. The van der Waals surface area contributed by atoms with Gasteiger partial charge in [0.2, 0.25) is 0 Å². The van der Waals surface area contributed by atoms with Gasteiger partial charge in [0.15, 0.2) is 5.16 Å². The van der Waals surface area contributed by atoms with Crippen LogP contribution in [0, 0.1) is 5.41 Å². The Balaban J connectivity index is 2.12. The monoisotopic (exact) mass is 232 g/mol. The van der Waals surface area contributed by atoms with E-state index in [-0.39, 0.29) is 5.84 Å². The second-order valence-electron chi connectivity index (χ2n) is 3.25. The number of hydrogen-bond acceptors (Lipinski definition) is 3. The number of nitrogens with one attached hydrogen (secondary N) is 2. The quantitative estimate of drug-likeness (QED) is 0.428. The smallest absolute Gasteiger partial charge is 0.165 e. The summed E-state index contributed by atoms with van der Waals surface area (Å²) in [6.45, 7) is 0. The van der Waals surface area contributed by atoms with E-state index < -0.39 is 0 Å². The molecule has 0 bridgehead atoms. The Morgan fingerprint density at radius 3 is 2.94 bits per heavy atom. The largest absolute Gasteiger partial charge is 0.384 e. The number of aromatic amines is 1. The van der Waals surface area contributed by atoms with Gasteiger partial charge >= 0.3 is 0 Å². The lowest BCUT2D eigenvalue weighted by Crippen LogP contribution is -2.13. The van der Waals surface area contributed by atoms with Crippen LogP contribution in [0.4, 0.5) is 0 Å². The van der Waals surface area contributed by atoms with E-state index in [1.165, 1.54) is 0 Å². The molecule has 0 aliphatic rings. The molecule has 1 aromatic heterocycles. The first-order chi connectivity index (χ1) is 7.77. The van der Waals surface area contributed by atoms with Gasteiger partial charge in [-0.25, -0.2) is 4.98 Å². The molecule has 4 nitrogen and oxygen atoms in total. The van der Waals surface area contributed by atoms with Crippen molar-refractivity contribution in [3.63, 3.8) is 0 Å². The molecule has 16 heavy (non-hydrogen) atoms. The van der Waals surface area contributed by atoms with Gasteiger partial charge in [-0.3, -0.25) is 5.41 Å². The summed E-state index contributed by atoms with van der Waals surface area (Å²) in [4.78, 5) is 7.15. The number of H-pyrrole nitrogens is 1. The molecule has 0 spiro atoms. The Morgan fingerprint density at radius 2 is 2.25 bits per heavy atom. The molecule has 0 unspecified atom stereocenters. The molecule has 1 aromatic carbocycles. The van der Waals surface area contributed by atoms with E-state index in [4.69, 9.17) is 11.1 Å². The molecule has 1 heterocycles. The van der Waals surface area contributed by atoms with Gasteiger partial charge in [-0.2, -0.15) is 0 Å². The number of imidazole rings is 1. The number of thioether (sulfide) groups is 1. The molecule has 0 fully saturated rings. The fourth-order valence-corrected chi connectivity index (χ4v) is 2.22. The minimum Gasteiger partial charge on any atom is -0.384 e. The highest BCUT2D eigenvalue weighted by Gasteiger charge is 2.05. The van der Waals surface area contributed by atoms with E-state index in [0.717, 1.165) is 22.0 Å². The Bertz CT molecular complexity index is 478. The van der Waals surface area contributed by atoms with E-state index in [1.54, 1.807) is 24.2 Å². The van der Waals surface area contributed by atoms with Gasteiger partial charge in [-0.1, -0.05) is 36.0 Å². The summed E-state index contributed by atoms with van der Waals surface area (Å²) < 4.78 is 0. The SMILES string of the molecule is N=C(N)c1ccccc1CSc1ncc[nH]1. The van der Waals surface area contributed by atoms with Crippen molar-refractivity contribution in [3.05, 3.63) is 47.8 Å². The number of hydrogen-bond donors (Lipinski definition) is 3. The minimum atomic E-state index is 0.107. The van der Waals surface area contributed by atoms with Crippen LogP contribution in [0.3, 0.4) is 0 Å². The average molecular weight is 232 g/mol. The van der Waals surface area contributed by atoms with Crippen LogP contribution in [0.2, 0.25) is 0 Å². The minimum absolute atomic E-state index is 0.107. The van der Waals surface area contributed by atoms with Gasteiger partial charge in [0.1, 0.15) is 5.84 Å². The Hall–Kier alpha value is -1.75. The molecule has 2 aromatic rings. The van der Waals surface area contributed by atoms with E-state index in [0.29, 0.717) is 0 Å². The molecule has 2 rings (SSSR count). The molecule has 82 valence electrons. The Morgan fingerprint density at radius 1 is 1.44 bits per heavy atom. The maximum Gasteiger partial charge on any atom is 0.165 e. The van der Waals surface area contributed by atoms with Crippen molar-refractivity contribution < 1.29 is 0 Å². The standard InChI is InChI=1S/C11H12N4S/c12-10(13)9-4-2-1-3-8(9)7-16-11-14-5-6-15-11/h1-6H,7H2,(H3,12,13)(H,14,15). The fourth-order valence-electron chi connectivity index (χ4n) is 1.38. The predicted molar refractivity (Wildman–Crippen MR) is 65.6 cm³/mol. The molecular weight excluding hydrogens is 220 g/mol. The lowest BCUT2D eigenvalue weighted by Gasteiger charge is -2.06. The van der Waals surface area contributed by atoms with Gasteiger partial charge in [-0.15, -0.1) is 0 Å². The maximum absolute atomic E-state index is 7.47. The van der Waals surface area contributed by atoms with Crippen molar-refractivity contribution in [2.75, 3.05) is 0 Å². The lowest BCUT2D eigenvalue weighted by molar-refractivity contribution is 1.06. The Labute approximate surface area is 97.8 Å². The first-order valence-corrected chi connectivity index (χ1v) is 5.80. The van der Waals surface area contributed by atoms with Gasteiger partial charge in [-0.05, 0) is 5.56 Å². The van der Waals surface area contributed by atoms with Crippen molar-refractivity contribution in [1.82, 2.24) is 9.97 Å². The third-order valence-corrected chi connectivity index (χ3v) is 3.10. The van der Waals surface area contributed by atoms with E-state index >= 15 is 0 Å². The summed E-state index contributed by atoms with van der Waals surface area (Å²) >= 11 is 1.59. The predicted octanol–water partition coefficient (Wildman–Crippen LogP) is 1.99. The number of nitrogens with zero attached hydrogens (tertiary/aromatic N) is 1. The normalized spacial score (nSPS) is 10.2. The second-order valence-corrected chi connectivity index (χ2v) is 4.22. The fraction of sp³-hybridized carbons (Fsp3) is 0.0909. The van der Waals surface area contributed by atoms with Crippen molar-refractivity contribution in [2.45, 2.75) is 10.9 Å². The van der Waals surface area contributed by atoms with Crippen molar-refractivity contribution in [1.29, 1.82) is 5.41 Å². The first-order valence-electron chi connectivity index (χ1n) is 4.82. The number of amidine groups is 1. The summed E-state index contributed by atoms with van der Waals surface area (Å²) in [5.41, 5.74) is 7.36. The number of benzene rings is 1. The van der Waals surface area contributed by atoms with Crippen LogP contribution >= 0.6 is 11.8 Å². The average Bonchev–Trinajstić information content (AvgIpc) is 2.79. The van der Waals surface area contributed by atoms with Crippen LogP contribution in [0.25, 0.3) is 0 Å². The summed E-state index contributed by atoms with van der Waals surface area (Å²) in [5.74, 6) is 0.860. The molecule has 0 aliphatic heterocycles. The summed E-state index contributed by atoms with van der Waals surface area (Å²) in [6, 6.07) is 7.68. The highest BCUT2D eigenvalue weighted by molar-refractivity contribution is 7.98. The molecule has 4 N–H and O–H groups in total. The molecular formula is C11H12N4S. The number of aromatic nitrogens is 2. The molecule has 0 aliphatic carbocycles. The highest BCUT2D eigenvalue weighted by Crippen LogP contribution is 2.20. The summed E-state index contributed by atoms with van der Waals surface area (Å²) in [6.07, 6.45) is 3.51. The van der Waals surface area contributed by atoms with Crippen molar-refractivity contribution in [3.8, 4) is 0 Å². The maximum atomic E-state index is 7.47. The van der Waals surface area contributed by atoms with E-state index in [1.807, 2.05) is 24.3 Å². The molecule has 0 saturated carbocycles. The van der Waals surface area contributed by atoms with Gasteiger partial charge in [0.25, 0.3) is 0 Å². The van der Waals surface area contributed by atoms with Crippen LogP contribution in [0.1, 0.15) is 11.1 Å².